The van der Waals surface area contributed by atoms with Gasteiger partial charge in [0.2, 0.25) is 11.8 Å². The maximum absolute atomic E-state index is 12.4. The van der Waals surface area contributed by atoms with Crippen molar-refractivity contribution in [1.82, 2.24) is 15.1 Å². The molecule has 24 heavy (non-hydrogen) atoms. The molecule has 0 radical (unpaired) electrons. The molecule has 0 aliphatic carbocycles. The summed E-state index contributed by atoms with van der Waals surface area (Å²) < 4.78 is 5.66. The van der Waals surface area contributed by atoms with E-state index in [-0.39, 0.29) is 5.91 Å². The molecule has 5 nitrogen and oxygen atoms in total. The summed E-state index contributed by atoms with van der Waals surface area (Å²) in [6.07, 6.45) is 5.95. The molecule has 1 aromatic carbocycles. The summed E-state index contributed by atoms with van der Waals surface area (Å²) in [4.78, 5) is 14.3. The van der Waals surface area contributed by atoms with Crippen molar-refractivity contribution in [3.8, 4) is 11.5 Å². The van der Waals surface area contributed by atoms with Crippen LogP contribution in [0.5, 0.6) is 0 Å². The fourth-order valence-electron chi connectivity index (χ4n) is 2.79. The Morgan fingerprint density at radius 1 is 1.08 bits per heavy atom. The number of nitrogens with zero attached hydrogens (tertiary/aromatic N) is 3. The first-order chi connectivity index (χ1) is 11.7. The second-order valence-corrected chi connectivity index (χ2v) is 7.10. The topological polar surface area (TPSA) is 59.2 Å². The van der Waals surface area contributed by atoms with E-state index in [4.69, 9.17) is 4.42 Å². The molecule has 6 heteroatoms. The largest absolute Gasteiger partial charge is 0.411 e. The number of hydrogen-bond acceptors (Lipinski definition) is 5. The first-order valence-corrected chi connectivity index (χ1v) is 9.52. The maximum atomic E-state index is 12.4. The fraction of sp³-hybridized carbons (Fsp3) is 0.500. The van der Waals surface area contributed by atoms with Gasteiger partial charge in [0.05, 0.1) is 5.75 Å². The van der Waals surface area contributed by atoms with Gasteiger partial charge in [0.25, 0.3) is 5.22 Å². The zero-order chi connectivity index (χ0) is 16.8. The fourth-order valence-corrected chi connectivity index (χ4v) is 3.46. The molecular weight excluding hydrogens is 322 g/mol. The minimum Gasteiger partial charge on any atom is -0.411 e. The number of benzene rings is 1. The molecular formula is C18H23N3O2S. The Hall–Kier alpha value is -1.82. The minimum atomic E-state index is 0.164. The summed E-state index contributed by atoms with van der Waals surface area (Å²) >= 11 is 1.32. The molecule has 1 fully saturated rings. The van der Waals surface area contributed by atoms with Crippen LogP contribution >= 0.6 is 11.8 Å². The highest BCUT2D eigenvalue weighted by molar-refractivity contribution is 7.99. The molecule has 0 N–H and O–H groups in total. The monoisotopic (exact) mass is 345 g/mol. The van der Waals surface area contributed by atoms with E-state index >= 15 is 0 Å². The molecule has 1 aromatic heterocycles. The lowest BCUT2D eigenvalue weighted by molar-refractivity contribution is -0.128. The van der Waals surface area contributed by atoms with E-state index < -0.39 is 0 Å². The first kappa shape index (κ1) is 17.0. The van der Waals surface area contributed by atoms with E-state index in [1.807, 2.05) is 36.1 Å². The van der Waals surface area contributed by atoms with Crippen LogP contribution in [0.2, 0.25) is 0 Å². The average molecular weight is 345 g/mol. The molecule has 0 bridgehead atoms. The number of thioether (sulfide) groups is 1. The van der Waals surface area contributed by atoms with Crippen LogP contribution in [0.15, 0.2) is 33.9 Å². The molecule has 2 aromatic rings. The summed E-state index contributed by atoms with van der Waals surface area (Å²) in [7, 11) is 0. The van der Waals surface area contributed by atoms with Crippen molar-refractivity contribution in [2.75, 3.05) is 18.8 Å². The van der Waals surface area contributed by atoms with E-state index in [2.05, 4.69) is 10.2 Å². The Morgan fingerprint density at radius 2 is 1.75 bits per heavy atom. The summed E-state index contributed by atoms with van der Waals surface area (Å²) in [6, 6.07) is 7.95. The number of hydrogen-bond donors (Lipinski definition) is 0. The van der Waals surface area contributed by atoms with Gasteiger partial charge in [-0.1, -0.05) is 48.7 Å². The van der Waals surface area contributed by atoms with Crippen molar-refractivity contribution in [2.24, 2.45) is 0 Å². The predicted molar refractivity (Wildman–Crippen MR) is 94.9 cm³/mol. The maximum Gasteiger partial charge on any atom is 0.277 e. The highest BCUT2D eigenvalue weighted by atomic mass is 32.2. The number of aromatic nitrogens is 2. The van der Waals surface area contributed by atoms with Crippen LogP contribution in [-0.2, 0) is 4.79 Å². The zero-order valence-corrected chi connectivity index (χ0v) is 14.8. The molecule has 3 rings (SSSR count). The smallest absolute Gasteiger partial charge is 0.277 e. The van der Waals surface area contributed by atoms with Gasteiger partial charge in [-0.25, -0.2) is 0 Å². The number of carbonyl (C=O) groups is 1. The molecule has 0 spiro atoms. The number of rotatable bonds is 4. The molecule has 1 aliphatic rings. The number of likely N-dealkylation sites (tertiary alicyclic amines) is 1. The van der Waals surface area contributed by atoms with E-state index in [1.165, 1.54) is 36.6 Å². The number of amides is 1. The average Bonchev–Trinajstić information content (AvgIpc) is 3.02. The molecule has 1 saturated heterocycles. The second-order valence-electron chi connectivity index (χ2n) is 6.18. The Kier molecular flexibility index (Phi) is 5.91. The lowest BCUT2D eigenvalue weighted by atomic mass is 10.1. The molecule has 128 valence electrons. The third-order valence-electron chi connectivity index (χ3n) is 4.23. The Morgan fingerprint density at radius 3 is 2.46 bits per heavy atom. The van der Waals surface area contributed by atoms with E-state index in [1.54, 1.807) is 0 Å². The van der Waals surface area contributed by atoms with Crippen LogP contribution in [0.1, 0.15) is 37.7 Å². The predicted octanol–water partition coefficient (Wildman–Crippen LogP) is 3.93. The van der Waals surface area contributed by atoms with Gasteiger partial charge >= 0.3 is 0 Å². The van der Waals surface area contributed by atoms with Gasteiger partial charge in [-0.15, -0.1) is 10.2 Å². The van der Waals surface area contributed by atoms with Crippen molar-refractivity contribution in [3.05, 3.63) is 29.8 Å². The Bertz CT molecular complexity index is 661. The van der Waals surface area contributed by atoms with Gasteiger partial charge in [-0.2, -0.15) is 0 Å². The van der Waals surface area contributed by atoms with Gasteiger partial charge in [-0.3, -0.25) is 4.79 Å². The molecule has 0 unspecified atom stereocenters. The van der Waals surface area contributed by atoms with Gasteiger partial charge in [0.1, 0.15) is 0 Å². The number of carbonyl (C=O) groups excluding carboxylic acids is 1. The summed E-state index contributed by atoms with van der Waals surface area (Å²) in [5.74, 6) is 1.02. The van der Waals surface area contributed by atoms with Crippen molar-refractivity contribution < 1.29 is 9.21 Å². The third-order valence-corrected chi connectivity index (χ3v) is 5.04. The van der Waals surface area contributed by atoms with Crippen molar-refractivity contribution in [1.29, 1.82) is 0 Å². The lowest BCUT2D eigenvalue weighted by Crippen LogP contribution is -2.35. The normalized spacial score (nSPS) is 15.8. The zero-order valence-electron chi connectivity index (χ0n) is 14.0. The van der Waals surface area contributed by atoms with Gasteiger partial charge < -0.3 is 9.32 Å². The SMILES string of the molecule is Cc1ccc(-c2nnc(SCC(=O)N3CCCCCCC3)o2)cc1. The van der Waals surface area contributed by atoms with Crippen molar-refractivity contribution >= 4 is 17.7 Å². The van der Waals surface area contributed by atoms with Gasteiger partial charge in [0, 0.05) is 18.7 Å². The van der Waals surface area contributed by atoms with Crippen LogP contribution in [-0.4, -0.2) is 39.8 Å². The molecule has 1 aliphatic heterocycles. The lowest BCUT2D eigenvalue weighted by Gasteiger charge is -2.24. The number of aryl methyl sites for hydroxylation is 1. The van der Waals surface area contributed by atoms with E-state index in [0.29, 0.717) is 16.9 Å². The molecule has 0 saturated carbocycles. The first-order valence-electron chi connectivity index (χ1n) is 8.53. The third kappa shape index (κ3) is 4.60. The van der Waals surface area contributed by atoms with Gasteiger partial charge in [-0.05, 0) is 31.9 Å². The molecule has 2 heterocycles. The van der Waals surface area contributed by atoms with E-state index in [9.17, 15) is 4.79 Å². The van der Waals surface area contributed by atoms with Crippen LogP contribution in [0.25, 0.3) is 11.5 Å². The quantitative estimate of drug-likeness (QED) is 0.786. The Balaban J connectivity index is 1.54. The highest BCUT2D eigenvalue weighted by Gasteiger charge is 2.17. The van der Waals surface area contributed by atoms with Gasteiger partial charge in [0.15, 0.2) is 0 Å². The summed E-state index contributed by atoms with van der Waals surface area (Å²) in [6.45, 7) is 3.78. The summed E-state index contributed by atoms with van der Waals surface area (Å²) in [5, 5.41) is 8.56. The summed E-state index contributed by atoms with van der Waals surface area (Å²) in [5.41, 5.74) is 2.08. The molecule has 1 amide bonds. The highest BCUT2D eigenvalue weighted by Crippen LogP contribution is 2.24. The van der Waals surface area contributed by atoms with Crippen molar-refractivity contribution in [3.63, 3.8) is 0 Å². The standard InChI is InChI=1S/C18H23N3O2S/c1-14-7-9-15(10-8-14)17-19-20-18(23-17)24-13-16(22)21-11-5-3-2-4-6-12-21/h7-10H,2-6,11-13H2,1H3. The van der Waals surface area contributed by atoms with Crippen molar-refractivity contribution in [2.45, 2.75) is 44.3 Å². The second kappa shape index (κ2) is 8.33. The van der Waals surface area contributed by atoms with Crippen LogP contribution in [0.3, 0.4) is 0 Å². The van der Waals surface area contributed by atoms with E-state index in [0.717, 1.165) is 31.5 Å². The minimum absolute atomic E-state index is 0.164. The molecule has 0 atom stereocenters. The van der Waals surface area contributed by atoms with Crippen LogP contribution in [0.4, 0.5) is 0 Å². The Labute approximate surface area is 146 Å². The van der Waals surface area contributed by atoms with Crippen LogP contribution in [0, 0.1) is 6.92 Å². The van der Waals surface area contributed by atoms with Crippen LogP contribution < -0.4 is 0 Å².